The van der Waals surface area contributed by atoms with Crippen molar-refractivity contribution in [3.8, 4) is 5.75 Å². The summed E-state index contributed by atoms with van der Waals surface area (Å²) < 4.78 is 5.83. The van der Waals surface area contributed by atoms with Crippen LogP contribution in [0.3, 0.4) is 0 Å². The van der Waals surface area contributed by atoms with Crippen LogP contribution in [-0.2, 0) is 4.79 Å². The Morgan fingerprint density at radius 2 is 2.10 bits per heavy atom. The van der Waals surface area contributed by atoms with Crippen molar-refractivity contribution in [2.75, 3.05) is 6.61 Å². The first-order valence-electron chi connectivity index (χ1n) is 7.16. The lowest BCUT2D eigenvalue weighted by Gasteiger charge is -2.26. The zero-order chi connectivity index (χ0) is 14.9. The van der Waals surface area contributed by atoms with E-state index in [1.807, 2.05) is 19.1 Å². The van der Waals surface area contributed by atoms with E-state index in [2.05, 4.69) is 19.9 Å². The van der Waals surface area contributed by atoms with E-state index in [0.717, 1.165) is 24.2 Å². The monoisotopic (exact) mass is 276 g/mol. The fraction of sp³-hybridized carbons (Fsp3) is 0.562. The average Bonchev–Trinajstić information content (AvgIpc) is 3.21. The van der Waals surface area contributed by atoms with Crippen LogP contribution in [0.4, 0.5) is 0 Å². The van der Waals surface area contributed by atoms with E-state index in [4.69, 9.17) is 16.2 Å². The van der Waals surface area contributed by atoms with Gasteiger partial charge in [0, 0.05) is 0 Å². The summed E-state index contributed by atoms with van der Waals surface area (Å²) in [5, 5.41) is 0. The Labute approximate surface area is 120 Å². The maximum atomic E-state index is 11.6. The molecule has 110 valence electrons. The van der Waals surface area contributed by atoms with Crippen LogP contribution in [0.15, 0.2) is 18.2 Å². The van der Waals surface area contributed by atoms with E-state index in [1.54, 1.807) is 0 Å². The highest BCUT2D eigenvalue weighted by molar-refractivity contribution is 5.85. The Kier molecular flexibility index (Phi) is 4.04. The molecule has 20 heavy (non-hydrogen) atoms. The number of hydrogen-bond acceptors (Lipinski definition) is 3. The average molecular weight is 276 g/mol. The molecule has 1 atom stereocenters. The number of primary amides is 1. The Balaban J connectivity index is 2.13. The number of benzene rings is 1. The van der Waals surface area contributed by atoms with Gasteiger partial charge in [0.15, 0.2) is 0 Å². The van der Waals surface area contributed by atoms with E-state index >= 15 is 0 Å². The normalized spacial score (nSPS) is 17.9. The molecule has 0 heterocycles. The molecule has 0 radical (unpaired) electrons. The number of amides is 1. The quantitative estimate of drug-likeness (QED) is 0.835. The summed E-state index contributed by atoms with van der Waals surface area (Å²) in [6.07, 6.45) is 1.90. The summed E-state index contributed by atoms with van der Waals surface area (Å²) in [7, 11) is 0. The largest absolute Gasteiger partial charge is 0.491 e. The summed E-state index contributed by atoms with van der Waals surface area (Å²) in [6.45, 7) is 6.40. The number of hydrogen-bond donors (Lipinski definition) is 2. The highest BCUT2D eigenvalue weighted by Crippen LogP contribution is 2.38. The zero-order valence-electron chi connectivity index (χ0n) is 12.5. The number of aryl methyl sites for hydroxylation is 1. The maximum absolute atomic E-state index is 11.6. The summed E-state index contributed by atoms with van der Waals surface area (Å²) >= 11 is 0. The van der Waals surface area contributed by atoms with Crippen molar-refractivity contribution in [1.82, 2.24) is 0 Å². The number of rotatable bonds is 6. The Morgan fingerprint density at radius 1 is 1.45 bits per heavy atom. The molecule has 1 aliphatic carbocycles. The van der Waals surface area contributed by atoms with Crippen LogP contribution in [-0.4, -0.2) is 18.1 Å². The molecule has 1 aromatic rings. The maximum Gasteiger partial charge on any atom is 0.241 e. The third-order valence-corrected chi connectivity index (χ3v) is 4.11. The fourth-order valence-corrected chi connectivity index (χ4v) is 2.32. The van der Waals surface area contributed by atoms with Crippen molar-refractivity contribution >= 4 is 5.91 Å². The van der Waals surface area contributed by atoms with E-state index in [1.165, 1.54) is 5.56 Å². The smallest absolute Gasteiger partial charge is 0.241 e. The van der Waals surface area contributed by atoms with Gasteiger partial charge in [0.2, 0.25) is 5.91 Å². The van der Waals surface area contributed by atoms with Crippen LogP contribution in [0.1, 0.15) is 43.7 Å². The van der Waals surface area contributed by atoms with Gasteiger partial charge in [-0.1, -0.05) is 26.0 Å². The van der Waals surface area contributed by atoms with Crippen LogP contribution in [0.25, 0.3) is 0 Å². The van der Waals surface area contributed by atoms with Gasteiger partial charge in [-0.25, -0.2) is 0 Å². The van der Waals surface area contributed by atoms with Crippen LogP contribution in [0, 0.1) is 12.8 Å². The van der Waals surface area contributed by atoms with Gasteiger partial charge in [0.1, 0.15) is 17.9 Å². The van der Waals surface area contributed by atoms with E-state index in [-0.39, 0.29) is 12.5 Å². The van der Waals surface area contributed by atoms with Crippen LogP contribution in [0.5, 0.6) is 5.75 Å². The van der Waals surface area contributed by atoms with Crippen LogP contribution in [0.2, 0.25) is 0 Å². The van der Waals surface area contributed by atoms with Crippen LogP contribution < -0.4 is 16.2 Å². The van der Waals surface area contributed by atoms with Gasteiger partial charge in [0.25, 0.3) is 0 Å². The van der Waals surface area contributed by atoms with Crippen molar-refractivity contribution in [3.05, 3.63) is 29.3 Å². The minimum Gasteiger partial charge on any atom is -0.491 e. The molecule has 0 aromatic heterocycles. The predicted molar refractivity (Wildman–Crippen MR) is 79.6 cm³/mol. The van der Waals surface area contributed by atoms with E-state index in [0.29, 0.717) is 5.92 Å². The summed E-state index contributed by atoms with van der Waals surface area (Å²) in [6, 6.07) is 6.15. The highest BCUT2D eigenvalue weighted by atomic mass is 16.5. The molecule has 1 saturated carbocycles. The van der Waals surface area contributed by atoms with Crippen molar-refractivity contribution < 1.29 is 9.53 Å². The number of carbonyl (C=O) groups excluding carboxylic acids is 1. The molecule has 1 fully saturated rings. The predicted octanol–water partition coefficient (Wildman–Crippen LogP) is 2.09. The van der Waals surface area contributed by atoms with E-state index < -0.39 is 11.4 Å². The molecule has 4 heteroatoms. The first kappa shape index (κ1) is 14.9. The van der Waals surface area contributed by atoms with Gasteiger partial charge < -0.3 is 16.2 Å². The lowest BCUT2D eigenvalue weighted by molar-refractivity contribution is -0.125. The lowest BCUT2D eigenvalue weighted by atomic mass is 9.95. The van der Waals surface area contributed by atoms with E-state index in [9.17, 15) is 4.79 Å². The summed E-state index contributed by atoms with van der Waals surface area (Å²) in [4.78, 5) is 11.6. The van der Waals surface area contributed by atoms with Crippen LogP contribution >= 0.6 is 0 Å². The SMILES string of the molecule is Cc1ccc(C(C)C)cc1OCC(N)(C(N)=O)C1CC1. The Bertz CT molecular complexity index is 509. The first-order chi connectivity index (χ1) is 9.34. The standard InChI is InChI=1S/C16H24N2O2/c1-10(2)12-5-4-11(3)14(8-12)20-9-16(18,15(17)19)13-6-7-13/h4-5,8,10,13H,6-7,9,18H2,1-3H3,(H2,17,19). The molecule has 4 nitrogen and oxygen atoms in total. The molecule has 4 N–H and O–H groups in total. The first-order valence-corrected chi connectivity index (χ1v) is 7.16. The van der Waals surface area contributed by atoms with Crippen molar-refractivity contribution in [2.24, 2.45) is 17.4 Å². The third-order valence-electron chi connectivity index (χ3n) is 4.11. The number of ether oxygens (including phenoxy) is 1. The second-order valence-corrected chi connectivity index (χ2v) is 6.15. The van der Waals surface area contributed by atoms with Gasteiger partial charge in [0.05, 0.1) is 0 Å². The van der Waals surface area contributed by atoms with Gasteiger partial charge in [-0.05, 0) is 48.8 Å². The molecule has 1 aromatic carbocycles. The number of nitrogens with two attached hydrogens (primary N) is 2. The summed E-state index contributed by atoms with van der Waals surface area (Å²) in [5.41, 5.74) is 12.8. The molecule has 0 aliphatic heterocycles. The Hall–Kier alpha value is -1.55. The van der Waals surface area contributed by atoms with Gasteiger partial charge in [-0.3, -0.25) is 4.79 Å². The molecule has 0 spiro atoms. The molecule has 0 saturated heterocycles. The zero-order valence-corrected chi connectivity index (χ0v) is 12.5. The molecule has 1 amide bonds. The topological polar surface area (TPSA) is 78.3 Å². The summed E-state index contributed by atoms with van der Waals surface area (Å²) in [5.74, 6) is 0.902. The molecular weight excluding hydrogens is 252 g/mol. The highest BCUT2D eigenvalue weighted by Gasteiger charge is 2.47. The number of carbonyl (C=O) groups is 1. The Morgan fingerprint density at radius 3 is 2.60 bits per heavy atom. The molecule has 1 aliphatic rings. The molecule has 0 bridgehead atoms. The van der Waals surface area contributed by atoms with Crippen molar-refractivity contribution in [1.29, 1.82) is 0 Å². The van der Waals surface area contributed by atoms with Crippen molar-refractivity contribution in [3.63, 3.8) is 0 Å². The molecule has 2 rings (SSSR count). The molecule has 1 unspecified atom stereocenters. The fourth-order valence-electron chi connectivity index (χ4n) is 2.32. The second kappa shape index (κ2) is 5.44. The second-order valence-electron chi connectivity index (χ2n) is 6.15. The van der Waals surface area contributed by atoms with Gasteiger partial charge in [-0.2, -0.15) is 0 Å². The lowest BCUT2D eigenvalue weighted by Crippen LogP contribution is -2.58. The molecular formula is C16H24N2O2. The van der Waals surface area contributed by atoms with Crippen molar-refractivity contribution in [2.45, 2.75) is 45.1 Å². The van der Waals surface area contributed by atoms with Gasteiger partial charge >= 0.3 is 0 Å². The minimum atomic E-state index is -1.04. The minimum absolute atomic E-state index is 0.148. The van der Waals surface area contributed by atoms with Gasteiger partial charge in [-0.15, -0.1) is 0 Å². The third kappa shape index (κ3) is 2.96.